The summed E-state index contributed by atoms with van der Waals surface area (Å²) in [6, 6.07) is 0.373. The van der Waals surface area contributed by atoms with Crippen LogP contribution in [-0.4, -0.2) is 46.2 Å². The van der Waals surface area contributed by atoms with E-state index in [-0.39, 0.29) is 0 Å². The molecule has 1 saturated carbocycles. The van der Waals surface area contributed by atoms with Gasteiger partial charge < -0.3 is 15.4 Å². The third-order valence-electron chi connectivity index (χ3n) is 3.08. The molecule has 106 valence electrons. The lowest BCUT2D eigenvalue weighted by atomic mass is 10.4. The summed E-state index contributed by atoms with van der Waals surface area (Å²) in [6.45, 7) is 3.55. The number of aromatic nitrogens is 3. The van der Waals surface area contributed by atoms with E-state index in [9.17, 15) is 0 Å². The van der Waals surface area contributed by atoms with Gasteiger partial charge in [-0.2, -0.15) is 26.7 Å². The zero-order chi connectivity index (χ0) is 13.7. The summed E-state index contributed by atoms with van der Waals surface area (Å²) < 4.78 is 5.84. The number of anilines is 2. The van der Waals surface area contributed by atoms with Crippen molar-refractivity contribution < 1.29 is 4.74 Å². The number of hydrogen-bond acceptors (Lipinski definition) is 7. The quantitative estimate of drug-likeness (QED) is 0.756. The van der Waals surface area contributed by atoms with Gasteiger partial charge in [-0.05, 0) is 25.5 Å². The van der Waals surface area contributed by atoms with Gasteiger partial charge in [-0.1, -0.05) is 6.92 Å². The Morgan fingerprint density at radius 3 is 2.58 bits per heavy atom. The lowest BCUT2D eigenvalue weighted by Gasteiger charge is -2.13. The van der Waals surface area contributed by atoms with Crippen LogP contribution in [0.3, 0.4) is 0 Å². The number of nitrogens with one attached hydrogen (secondary N) is 2. The van der Waals surface area contributed by atoms with Gasteiger partial charge in [0.1, 0.15) is 0 Å². The molecular formula is C12H21N5OS. The van der Waals surface area contributed by atoms with Crippen LogP contribution in [0, 0.1) is 0 Å². The smallest absolute Gasteiger partial charge is 0.323 e. The summed E-state index contributed by atoms with van der Waals surface area (Å²) in [7, 11) is 1.78. The van der Waals surface area contributed by atoms with Crippen molar-refractivity contribution in [3.8, 4) is 6.01 Å². The fraction of sp³-hybridized carbons (Fsp3) is 0.750. The first-order valence-corrected chi connectivity index (χ1v) is 7.79. The lowest BCUT2D eigenvalue weighted by Crippen LogP contribution is -2.19. The summed E-state index contributed by atoms with van der Waals surface area (Å²) in [5.74, 6) is 1.10. The SMILES string of the molecule is CCCOc1nc(NC)nc(NCC2(SC)CC2)n1. The van der Waals surface area contributed by atoms with Crippen LogP contribution in [0.2, 0.25) is 0 Å². The second-order valence-electron chi connectivity index (χ2n) is 4.60. The molecule has 0 saturated heterocycles. The summed E-state index contributed by atoms with van der Waals surface area (Å²) in [5.41, 5.74) is 0. The van der Waals surface area contributed by atoms with Crippen LogP contribution in [0.1, 0.15) is 26.2 Å². The minimum atomic E-state index is 0.372. The molecule has 0 amide bonds. The molecule has 7 heteroatoms. The molecular weight excluding hydrogens is 262 g/mol. The number of hydrogen-bond donors (Lipinski definition) is 2. The maximum atomic E-state index is 5.46. The molecule has 1 fully saturated rings. The molecule has 2 N–H and O–H groups in total. The average molecular weight is 283 g/mol. The Labute approximate surface area is 118 Å². The van der Waals surface area contributed by atoms with E-state index in [0.29, 0.717) is 29.3 Å². The van der Waals surface area contributed by atoms with E-state index in [1.165, 1.54) is 12.8 Å². The van der Waals surface area contributed by atoms with Gasteiger partial charge in [0.05, 0.1) is 6.61 Å². The molecule has 1 heterocycles. The van der Waals surface area contributed by atoms with E-state index in [4.69, 9.17) is 4.74 Å². The van der Waals surface area contributed by atoms with Crippen LogP contribution in [-0.2, 0) is 0 Å². The van der Waals surface area contributed by atoms with Gasteiger partial charge in [0, 0.05) is 18.3 Å². The molecule has 0 unspecified atom stereocenters. The molecule has 1 aromatic rings. The summed E-state index contributed by atoms with van der Waals surface area (Å²) in [5, 5.41) is 6.21. The van der Waals surface area contributed by atoms with E-state index < -0.39 is 0 Å². The van der Waals surface area contributed by atoms with Gasteiger partial charge in [-0.15, -0.1) is 0 Å². The third kappa shape index (κ3) is 3.86. The van der Waals surface area contributed by atoms with Crippen molar-refractivity contribution in [1.29, 1.82) is 0 Å². The Bertz CT molecular complexity index is 425. The van der Waals surface area contributed by atoms with Crippen molar-refractivity contribution in [2.45, 2.75) is 30.9 Å². The monoisotopic (exact) mass is 283 g/mol. The zero-order valence-corrected chi connectivity index (χ0v) is 12.5. The minimum absolute atomic E-state index is 0.372. The van der Waals surface area contributed by atoms with Crippen LogP contribution in [0.5, 0.6) is 6.01 Å². The standard InChI is InChI=1S/C12H21N5OS/c1-4-7-18-11-16-9(13-2)15-10(17-11)14-8-12(19-3)5-6-12/h4-8H2,1-3H3,(H2,13,14,15,16,17). The summed E-state index contributed by atoms with van der Waals surface area (Å²) >= 11 is 1.90. The van der Waals surface area contributed by atoms with E-state index in [0.717, 1.165) is 13.0 Å². The first kappa shape index (κ1) is 14.2. The van der Waals surface area contributed by atoms with Crippen LogP contribution >= 0.6 is 11.8 Å². The molecule has 2 rings (SSSR count). The van der Waals surface area contributed by atoms with Gasteiger partial charge in [0.25, 0.3) is 0 Å². The maximum absolute atomic E-state index is 5.46. The van der Waals surface area contributed by atoms with E-state index in [1.807, 2.05) is 11.8 Å². The summed E-state index contributed by atoms with van der Waals surface area (Å²) in [6.07, 6.45) is 5.59. The van der Waals surface area contributed by atoms with Crippen LogP contribution in [0.25, 0.3) is 0 Å². The summed E-state index contributed by atoms with van der Waals surface area (Å²) in [4.78, 5) is 12.7. The Morgan fingerprint density at radius 2 is 2.00 bits per heavy atom. The minimum Gasteiger partial charge on any atom is -0.463 e. The van der Waals surface area contributed by atoms with Crippen LogP contribution in [0.4, 0.5) is 11.9 Å². The van der Waals surface area contributed by atoms with E-state index in [1.54, 1.807) is 7.05 Å². The third-order valence-corrected chi connectivity index (χ3v) is 4.50. The topological polar surface area (TPSA) is 72.0 Å². The van der Waals surface area contributed by atoms with Crippen molar-refractivity contribution in [3.05, 3.63) is 0 Å². The highest BCUT2D eigenvalue weighted by Crippen LogP contribution is 2.46. The molecule has 0 spiro atoms. The van der Waals surface area contributed by atoms with Crippen molar-refractivity contribution in [2.75, 3.05) is 37.1 Å². The largest absolute Gasteiger partial charge is 0.463 e. The normalized spacial score (nSPS) is 15.9. The van der Waals surface area contributed by atoms with Crippen molar-refractivity contribution in [3.63, 3.8) is 0 Å². The number of thioether (sulfide) groups is 1. The average Bonchev–Trinajstić information content (AvgIpc) is 3.23. The Kier molecular flexibility index (Phi) is 4.68. The fourth-order valence-electron chi connectivity index (χ4n) is 1.64. The predicted octanol–water partition coefficient (Wildman–Crippen LogP) is 2.01. The molecule has 19 heavy (non-hydrogen) atoms. The molecule has 0 aliphatic heterocycles. The molecule has 1 aliphatic carbocycles. The van der Waals surface area contributed by atoms with Gasteiger partial charge in [0.2, 0.25) is 11.9 Å². The maximum Gasteiger partial charge on any atom is 0.323 e. The highest BCUT2D eigenvalue weighted by atomic mass is 32.2. The molecule has 0 atom stereocenters. The Hall–Kier alpha value is -1.24. The highest BCUT2D eigenvalue weighted by molar-refractivity contribution is 8.00. The van der Waals surface area contributed by atoms with Crippen LogP contribution < -0.4 is 15.4 Å². The lowest BCUT2D eigenvalue weighted by molar-refractivity contribution is 0.292. The van der Waals surface area contributed by atoms with Crippen molar-refractivity contribution >= 4 is 23.7 Å². The van der Waals surface area contributed by atoms with Gasteiger partial charge in [0.15, 0.2) is 0 Å². The number of nitrogens with zero attached hydrogens (tertiary/aromatic N) is 3. The second-order valence-corrected chi connectivity index (χ2v) is 5.88. The number of rotatable bonds is 8. The molecule has 0 bridgehead atoms. The number of ether oxygens (including phenoxy) is 1. The van der Waals surface area contributed by atoms with Crippen LogP contribution in [0.15, 0.2) is 0 Å². The first-order valence-electron chi connectivity index (χ1n) is 6.57. The van der Waals surface area contributed by atoms with Crippen molar-refractivity contribution in [1.82, 2.24) is 15.0 Å². The van der Waals surface area contributed by atoms with Crippen molar-refractivity contribution in [2.24, 2.45) is 0 Å². The van der Waals surface area contributed by atoms with Gasteiger partial charge in [-0.3, -0.25) is 0 Å². The predicted molar refractivity (Wildman–Crippen MR) is 79.1 cm³/mol. The fourth-order valence-corrected chi connectivity index (χ4v) is 2.36. The molecule has 6 nitrogen and oxygen atoms in total. The zero-order valence-electron chi connectivity index (χ0n) is 11.7. The van der Waals surface area contributed by atoms with E-state index >= 15 is 0 Å². The van der Waals surface area contributed by atoms with E-state index in [2.05, 4.69) is 38.8 Å². The Morgan fingerprint density at radius 1 is 1.26 bits per heavy atom. The molecule has 0 aromatic carbocycles. The molecule has 0 radical (unpaired) electrons. The molecule has 1 aromatic heterocycles. The molecule has 1 aliphatic rings. The Balaban J connectivity index is 2.01. The van der Waals surface area contributed by atoms with Gasteiger partial charge in [-0.25, -0.2) is 0 Å². The highest BCUT2D eigenvalue weighted by Gasteiger charge is 2.41. The first-order chi connectivity index (χ1) is 9.21. The second kappa shape index (κ2) is 6.27. The van der Waals surface area contributed by atoms with Gasteiger partial charge >= 0.3 is 6.01 Å².